The van der Waals surface area contributed by atoms with E-state index in [0.717, 1.165) is 25.2 Å². The Labute approximate surface area is 158 Å². The highest BCUT2D eigenvalue weighted by Crippen LogP contribution is 2.18. The van der Waals surface area contributed by atoms with Gasteiger partial charge in [-0.3, -0.25) is 9.47 Å². The van der Waals surface area contributed by atoms with E-state index in [0.29, 0.717) is 24.3 Å². The minimum atomic E-state index is -0.271. The molecule has 0 amide bonds. The summed E-state index contributed by atoms with van der Waals surface area (Å²) in [4.78, 5) is 25.9. The number of nitrogen functional groups attached to an aromatic ring is 1. The number of nitrogens with two attached hydrogens (primary N) is 1. The molecular weight excluding hydrogens is 344 g/mol. The first-order valence-corrected chi connectivity index (χ1v) is 9.24. The smallest absolute Gasteiger partial charge is 0.328 e. The number of anilines is 1. The third kappa shape index (κ3) is 4.11. The Morgan fingerprint density at radius 2 is 1.78 bits per heavy atom. The Hall–Kier alpha value is -2.87. The van der Waals surface area contributed by atoms with E-state index in [1.807, 2.05) is 19.1 Å². The molecule has 2 aromatic heterocycles. The molecule has 0 unspecified atom stereocenters. The van der Waals surface area contributed by atoms with Crippen LogP contribution < -0.4 is 16.2 Å². The van der Waals surface area contributed by atoms with E-state index < -0.39 is 0 Å². The van der Waals surface area contributed by atoms with Gasteiger partial charge >= 0.3 is 11.7 Å². The predicted octanol–water partition coefficient (Wildman–Crippen LogP) is 1.99. The van der Waals surface area contributed by atoms with Gasteiger partial charge in [0.2, 0.25) is 0 Å². The fourth-order valence-corrected chi connectivity index (χ4v) is 3.01. The quantitative estimate of drug-likeness (QED) is 0.629. The third-order valence-electron chi connectivity index (χ3n) is 4.57. The van der Waals surface area contributed by atoms with Crippen molar-refractivity contribution in [2.24, 2.45) is 0 Å². The number of imidazole rings is 1. The monoisotopic (exact) mass is 370 g/mol. The second-order valence-corrected chi connectivity index (χ2v) is 6.32. The average Bonchev–Trinajstić information content (AvgIpc) is 2.98. The summed E-state index contributed by atoms with van der Waals surface area (Å²) >= 11 is 0. The fraction of sp³-hybridized carbons (Fsp3) is 0.421. The molecule has 0 aliphatic carbocycles. The van der Waals surface area contributed by atoms with Crippen LogP contribution in [0.2, 0.25) is 0 Å². The second-order valence-electron chi connectivity index (χ2n) is 6.32. The van der Waals surface area contributed by atoms with E-state index in [1.54, 1.807) is 4.57 Å². The lowest BCUT2D eigenvalue weighted by Crippen LogP contribution is -2.22. The highest BCUT2D eigenvalue weighted by molar-refractivity contribution is 5.81. The molecule has 0 radical (unpaired) electrons. The van der Waals surface area contributed by atoms with E-state index in [9.17, 15) is 4.79 Å². The van der Waals surface area contributed by atoms with Crippen LogP contribution in [0.25, 0.3) is 11.2 Å². The second kappa shape index (κ2) is 8.22. The molecule has 0 atom stereocenters. The summed E-state index contributed by atoms with van der Waals surface area (Å²) in [7, 11) is 0. The van der Waals surface area contributed by atoms with Crippen LogP contribution in [0, 0.1) is 0 Å². The number of rotatable bonds is 8. The summed E-state index contributed by atoms with van der Waals surface area (Å²) in [5, 5.41) is 0. The number of ether oxygens (including phenoxy) is 1. The van der Waals surface area contributed by atoms with Gasteiger partial charge in [-0.1, -0.05) is 38.1 Å². The topological polar surface area (TPSA) is 102 Å². The Kier molecular flexibility index (Phi) is 5.75. The zero-order valence-corrected chi connectivity index (χ0v) is 16.0. The number of fused-ring (bicyclic) bond motifs is 1. The molecule has 27 heavy (non-hydrogen) atoms. The van der Waals surface area contributed by atoms with Crippen molar-refractivity contribution in [2.45, 2.75) is 33.9 Å². The Morgan fingerprint density at radius 1 is 1.11 bits per heavy atom. The zero-order valence-electron chi connectivity index (χ0n) is 16.0. The third-order valence-corrected chi connectivity index (χ3v) is 4.57. The molecule has 8 nitrogen and oxygen atoms in total. The van der Waals surface area contributed by atoms with Gasteiger partial charge in [-0.25, -0.2) is 4.79 Å². The molecule has 144 valence electrons. The van der Waals surface area contributed by atoms with Crippen molar-refractivity contribution in [3.63, 3.8) is 0 Å². The van der Waals surface area contributed by atoms with Crippen LogP contribution in [-0.2, 0) is 13.1 Å². The van der Waals surface area contributed by atoms with Crippen LogP contribution >= 0.6 is 0 Å². The Morgan fingerprint density at radius 3 is 2.41 bits per heavy atom. The molecule has 0 saturated heterocycles. The zero-order chi connectivity index (χ0) is 19.4. The van der Waals surface area contributed by atoms with Crippen molar-refractivity contribution < 1.29 is 4.74 Å². The van der Waals surface area contributed by atoms with Gasteiger partial charge in [-0.05, 0) is 31.1 Å². The van der Waals surface area contributed by atoms with Crippen LogP contribution in [0.15, 0.2) is 29.1 Å². The van der Waals surface area contributed by atoms with Gasteiger partial charge in [0.1, 0.15) is 5.52 Å². The molecule has 3 N–H and O–H groups in total. The first-order valence-electron chi connectivity index (χ1n) is 9.24. The summed E-state index contributed by atoms with van der Waals surface area (Å²) in [6, 6.07) is 8.45. The minimum Gasteiger partial charge on any atom is -0.464 e. The Balaban J connectivity index is 1.88. The van der Waals surface area contributed by atoms with Crippen LogP contribution in [0.1, 0.15) is 31.9 Å². The number of hydrogen-bond acceptors (Lipinski definition) is 6. The summed E-state index contributed by atoms with van der Waals surface area (Å²) in [5.74, 6) is 0.203. The number of aromatic nitrogens is 4. The van der Waals surface area contributed by atoms with Gasteiger partial charge in [-0.2, -0.15) is 9.97 Å². The molecule has 3 rings (SSSR count). The molecular formula is C19H26N6O2. The lowest BCUT2D eigenvalue weighted by Gasteiger charge is -2.18. The van der Waals surface area contributed by atoms with Crippen molar-refractivity contribution in [3.05, 3.63) is 45.9 Å². The number of H-pyrrole nitrogens is 1. The molecule has 0 aliphatic rings. The van der Waals surface area contributed by atoms with Gasteiger partial charge < -0.3 is 15.5 Å². The Bertz CT molecular complexity index is 957. The predicted molar refractivity (Wildman–Crippen MR) is 106 cm³/mol. The summed E-state index contributed by atoms with van der Waals surface area (Å²) in [5.41, 5.74) is 8.80. The van der Waals surface area contributed by atoms with E-state index in [2.05, 4.69) is 45.8 Å². The lowest BCUT2D eigenvalue weighted by molar-refractivity contribution is 0.296. The van der Waals surface area contributed by atoms with Gasteiger partial charge in [0, 0.05) is 6.54 Å². The highest BCUT2D eigenvalue weighted by Gasteiger charge is 2.14. The first kappa shape index (κ1) is 18.9. The summed E-state index contributed by atoms with van der Waals surface area (Å²) in [6.45, 7) is 9.94. The molecule has 0 bridgehead atoms. The van der Waals surface area contributed by atoms with Crippen LogP contribution in [-0.4, -0.2) is 44.1 Å². The average molecular weight is 370 g/mol. The molecule has 3 aromatic rings. The fourth-order valence-electron chi connectivity index (χ4n) is 3.01. The van der Waals surface area contributed by atoms with E-state index in [1.165, 1.54) is 5.56 Å². The van der Waals surface area contributed by atoms with Crippen LogP contribution in [0.4, 0.5) is 5.82 Å². The number of benzene rings is 1. The number of nitrogens with one attached hydrogen (secondary N) is 1. The number of nitrogens with zero attached hydrogens (tertiary/aromatic N) is 4. The maximum atomic E-state index is 12.4. The molecule has 1 aromatic carbocycles. The van der Waals surface area contributed by atoms with Crippen molar-refractivity contribution in [1.29, 1.82) is 0 Å². The molecule has 0 saturated carbocycles. The highest BCUT2D eigenvalue weighted by atomic mass is 16.5. The standard InChI is InChI=1S/C19H26N6O2/c1-4-24(5-2)11-13-7-9-14(10-8-13)12-25-17-15(21-19(25)26)16(20)22-18(23-17)27-6-3/h7-10H,4-6,11-12H2,1-3H3,(H,21,26)(H2,20,22,23). The van der Waals surface area contributed by atoms with Crippen molar-refractivity contribution in [1.82, 2.24) is 24.4 Å². The molecule has 8 heteroatoms. The van der Waals surface area contributed by atoms with Crippen LogP contribution in [0.3, 0.4) is 0 Å². The lowest BCUT2D eigenvalue weighted by atomic mass is 10.1. The van der Waals surface area contributed by atoms with E-state index in [-0.39, 0.29) is 17.5 Å². The van der Waals surface area contributed by atoms with Crippen molar-refractivity contribution in [2.75, 3.05) is 25.4 Å². The van der Waals surface area contributed by atoms with E-state index >= 15 is 0 Å². The molecule has 0 aliphatic heterocycles. The maximum absolute atomic E-state index is 12.4. The first-order chi connectivity index (χ1) is 13.0. The van der Waals surface area contributed by atoms with Crippen molar-refractivity contribution in [3.8, 4) is 6.01 Å². The largest absolute Gasteiger partial charge is 0.464 e. The van der Waals surface area contributed by atoms with E-state index in [4.69, 9.17) is 10.5 Å². The number of aromatic amines is 1. The summed E-state index contributed by atoms with van der Waals surface area (Å²) < 4.78 is 6.90. The number of hydrogen-bond donors (Lipinski definition) is 2. The van der Waals surface area contributed by atoms with Crippen molar-refractivity contribution >= 4 is 17.0 Å². The van der Waals surface area contributed by atoms with Gasteiger partial charge in [-0.15, -0.1) is 0 Å². The maximum Gasteiger partial charge on any atom is 0.328 e. The molecule has 0 fully saturated rings. The summed E-state index contributed by atoms with van der Waals surface area (Å²) in [6.07, 6.45) is 0. The van der Waals surface area contributed by atoms with Gasteiger partial charge in [0.15, 0.2) is 11.5 Å². The molecule has 2 heterocycles. The molecule has 0 spiro atoms. The SMILES string of the molecule is CCOc1nc(N)c2[nH]c(=O)n(Cc3ccc(CN(CC)CC)cc3)c2n1. The van der Waals surface area contributed by atoms with Crippen LogP contribution in [0.5, 0.6) is 6.01 Å². The normalized spacial score (nSPS) is 11.4. The minimum absolute atomic E-state index is 0.171. The van der Waals surface area contributed by atoms with Gasteiger partial charge in [0.05, 0.1) is 13.2 Å². The van der Waals surface area contributed by atoms with Gasteiger partial charge in [0.25, 0.3) is 0 Å².